The molecule has 0 aliphatic heterocycles. The lowest BCUT2D eigenvalue weighted by atomic mass is 10.1. The number of aldehydes is 1. The molecule has 0 aromatic carbocycles. The van der Waals surface area contributed by atoms with E-state index in [9.17, 15) is 4.79 Å². The van der Waals surface area contributed by atoms with Crippen molar-refractivity contribution in [3.05, 3.63) is 17.5 Å². The van der Waals surface area contributed by atoms with E-state index < -0.39 is 0 Å². The van der Waals surface area contributed by atoms with Gasteiger partial charge in [0.25, 0.3) is 0 Å². The molecular weight excluding hydrogens is 180 g/mol. The van der Waals surface area contributed by atoms with Crippen LogP contribution in [-0.2, 0) is 17.6 Å². The number of hydrogen-bond donors (Lipinski definition) is 0. The summed E-state index contributed by atoms with van der Waals surface area (Å²) in [6, 6.07) is 0.388. The van der Waals surface area contributed by atoms with Gasteiger partial charge in [0.05, 0.1) is 12.3 Å². The van der Waals surface area contributed by atoms with Crippen LogP contribution in [0.2, 0.25) is 0 Å². The Labute approximate surface area is 83.3 Å². The molecule has 0 fully saturated rings. The first-order chi connectivity index (χ1) is 6.81. The Kier molecular flexibility index (Phi) is 4.04. The van der Waals surface area contributed by atoms with E-state index in [1.807, 2.05) is 13.8 Å². The molecule has 4 heteroatoms. The Bertz CT molecular complexity index is 313. The Morgan fingerprint density at radius 3 is 2.86 bits per heavy atom. The van der Waals surface area contributed by atoms with Crippen molar-refractivity contribution < 1.29 is 9.53 Å². The molecule has 0 unspecified atom stereocenters. The maximum Gasteiger partial charge on any atom is 0.316 e. The number of rotatable bonds is 5. The van der Waals surface area contributed by atoms with Crippen molar-refractivity contribution in [1.82, 2.24) is 9.97 Å². The summed E-state index contributed by atoms with van der Waals surface area (Å²) in [5.41, 5.74) is 1.77. The van der Waals surface area contributed by atoms with Gasteiger partial charge in [0.2, 0.25) is 0 Å². The summed E-state index contributed by atoms with van der Waals surface area (Å²) in [6.07, 6.45) is 3.67. The Balaban J connectivity index is 2.92. The number of aryl methyl sites for hydroxylation is 1. The van der Waals surface area contributed by atoms with Crippen LogP contribution in [0.1, 0.15) is 25.1 Å². The van der Waals surface area contributed by atoms with E-state index in [1.165, 1.54) is 0 Å². The number of hydrogen-bond acceptors (Lipinski definition) is 4. The third-order valence-electron chi connectivity index (χ3n) is 1.84. The second-order valence-electron chi connectivity index (χ2n) is 2.78. The number of carbonyl (C=O) groups excluding carboxylic acids is 1. The molecule has 0 saturated heterocycles. The first kappa shape index (κ1) is 10.6. The normalized spacial score (nSPS) is 9.86. The van der Waals surface area contributed by atoms with Crippen molar-refractivity contribution in [3.8, 4) is 6.01 Å². The molecule has 4 nitrogen and oxygen atoms in total. The molecule has 0 N–H and O–H groups in total. The standard InChI is InChI=1S/C10H14N2O2/c1-3-9-8(5-6-13)7-11-10(12-9)14-4-2/h6-7H,3-5H2,1-2H3. The minimum Gasteiger partial charge on any atom is -0.464 e. The molecule has 0 amide bonds. The summed E-state index contributed by atoms with van der Waals surface area (Å²) >= 11 is 0. The fourth-order valence-electron chi connectivity index (χ4n) is 1.19. The topological polar surface area (TPSA) is 52.1 Å². The van der Waals surface area contributed by atoms with Gasteiger partial charge in [-0.1, -0.05) is 6.92 Å². The van der Waals surface area contributed by atoms with Gasteiger partial charge in [0.1, 0.15) is 6.29 Å². The monoisotopic (exact) mass is 194 g/mol. The molecular formula is C10H14N2O2. The third-order valence-corrected chi connectivity index (χ3v) is 1.84. The Morgan fingerprint density at radius 1 is 1.50 bits per heavy atom. The maximum absolute atomic E-state index is 10.4. The molecule has 1 aromatic rings. The van der Waals surface area contributed by atoms with Crippen LogP contribution in [0.4, 0.5) is 0 Å². The summed E-state index contributed by atoms with van der Waals surface area (Å²) < 4.78 is 5.17. The average Bonchev–Trinajstić information content (AvgIpc) is 2.21. The van der Waals surface area contributed by atoms with Gasteiger partial charge < -0.3 is 9.53 Å². The summed E-state index contributed by atoms with van der Waals surface area (Å²) in [5.74, 6) is 0. The Morgan fingerprint density at radius 2 is 2.29 bits per heavy atom. The second kappa shape index (κ2) is 5.32. The van der Waals surface area contributed by atoms with Gasteiger partial charge in [0.15, 0.2) is 0 Å². The lowest BCUT2D eigenvalue weighted by Gasteiger charge is -2.05. The zero-order valence-corrected chi connectivity index (χ0v) is 8.49. The molecule has 1 heterocycles. The molecule has 0 spiro atoms. The fraction of sp³-hybridized carbons (Fsp3) is 0.500. The van der Waals surface area contributed by atoms with Crippen LogP contribution in [0.25, 0.3) is 0 Å². The van der Waals surface area contributed by atoms with E-state index in [0.717, 1.165) is 24.0 Å². The van der Waals surface area contributed by atoms with Crippen LogP contribution in [0, 0.1) is 0 Å². The predicted molar refractivity (Wildman–Crippen MR) is 52.3 cm³/mol. The zero-order valence-electron chi connectivity index (χ0n) is 8.49. The summed E-state index contributed by atoms with van der Waals surface area (Å²) in [7, 11) is 0. The van der Waals surface area contributed by atoms with E-state index >= 15 is 0 Å². The van der Waals surface area contributed by atoms with Crippen molar-refractivity contribution in [2.24, 2.45) is 0 Å². The lowest BCUT2D eigenvalue weighted by Crippen LogP contribution is -2.04. The van der Waals surface area contributed by atoms with Gasteiger partial charge in [-0.3, -0.25) is 0 Å². The molecule has 0 atom stereocenters. The predicted octanol–water partition coefficient (Wildman–Crippen LogP) is 1.18. The quantitative estimate of drug-likeness (QED) is 0.660. The number of ether oxygens (including phenoxy) is 1. The van der Waals surface area contributed by atoms with Crippen molar-refractivity contribution >= 4 is 6.29 Å². The van der Waals surface area contributed by atoms with Crippen LogP contribution in [0.5, 0.6) is 6.01 Å². The minimum absolute atomic E-state index is 0.371. The van der Waals surface area contributed by atoms with Crippen molar-refractivity contribution in [2.45, 2.75) is 26.7 Å². The zero-order chi connectivity index (χ0) is 10.4. The second-order valence-corrected chi connectivity index (χ2v) is 2.78. The van der Waals surface area contributed by atoms with Crippen LogP contribution in [0.3, 0.4) is 0 Å². The van der Waals surface area contributed by atoms with Crippen molar-refractivity contribution in [2.75, 3.05) is 6.61 Å². The largest absolute Gasteiger partial charge is 0.464 e. The van der Waals surface area contributed by atoms with Crippen LogP contribution in [-0.4, -0.2) is 22.9 Å². The Hall–Kier alpha value is -1.45. The maximum atomic E-state index is 10.4. The van der Waals surface area contributed by atoms with E-state index in [-0.39, 0.29) is 0 Å². The first-order valence-corrected chi connectivity index (χ1v) is 4.73. The molecule has 1 rings (SSSR count). The van der Waals surface area contributed by atoms with Gasteiger partial charge in [0, 0.05) is 12.6 Å². The number of nitrogens with zero attached hydrogens (tertiary/aromatic N) is 2. The molecule has 0 aliphatic rings. The highest BCUT2D eigenvalue weighted by Crippen LogP contribution is 2.10. The van der Waals surface area contributed by atoms with Gasteiger partial charge in [-0.05, 0) is 18.9 Å². The summed E-state index contributed by atoms with van der Waals surface area (Å²) in [4.78, 5) is 18.6. The SMILES string of the molecule is CCOc1ncc(CC=O)c(CC)n1. The molecule has 0 bridgehead atoms. The van der Waals surface area contributed by atoms with E-state index in [0.29, 0.717) is 19.0 Å². The molecule has 0 aliphatic carbocycles. The fourth-order valence-corrected chi connectivity index (χ4v) is 1.19. The minimum atomic E-state index is 0.371. The average molecular weight is 194 g/mol. The highest BCUT2D eigenvalue weighted by Gasteiger charge is 2.05. The van der Waals surface area contributed by atoms with Crippen LogP contribution < -0.4 is 4.74 Å². The summed E-state index contributed by atoms with van der Waals surface area (Å²) in [6.45, 7) is 4.43. The van der Waals surface area contributed by atoms with Gasteiger partial charge in [-0.25, -0.2) is 4.98 Å². The van der Waals surface area contributed by atoms with E-state index in [1.54, 1.807) is 6.20 Å². The molecule has 1 aromatic heterocycles. The molecule has 14 heavy (non-hydrogen) atoms. The summed E-state index contributed by atoms with van der Waals surface area (Å²) in [5, 5.41) is 0. The molecule has 0 radical (unpaired) electrons. The molecule has 76 valence electrons. The molecule has 0 saturated carbocycles. The third kappa shape index (κ3) is 2.52. The van der Waals surface area contributed by atoms with Gasteiger partial charge in [-0.15, -0.1) is 0 Å². The smallest absolute Gasteiger partial charge is 0.316 e. The van der Waals surface area contributed by atoms with Gasteiger partial charge >= 0.3 is 6.01 Å². The van der Waals surface area contributed by atoms with Crippen LogP contribution >= 0.6 is 0 Å². The highest BCUT2D eigenvalue weighted by atomic mass is 16.5. The van der Waals surface area contributed by atoms with Crippen molar-refractivity contribution in [1.29, 1.82) is 0 Å². The first-order valence-electron chi connectivity index (χ1n) is 4.73. The van der Waals surface area contributed by atoms with Gasteiger partial charge in [-0.2, -0.15) is 4.98 Å². The van der Waals surface area contributed by atoms with Crippen molar-refractivity contribution in [3.63, 3.8) is 0 Å². The van der Waals surface area contributed by atoms with E-state index in [2.05, 4.69) is 9.97 Å². The number of aromatic nitrogens is 2. The highest BCUT2D eigenvalue weighted by molar-refractivity contribution is 5.55. The van der Waals surface area contributed by atoms with E-state index in [4.69, 9.17) is 4.74 Å². The number of carbonyl (C=O) groups is 1. The lowest BCUT2D eigenvalue weighted by molar-refractivity contribution is -0.107. The van der Waals surface area contributed by atoms with Crippen LogP contribution in [0.15, 0.2) is 6.20 Å².